The fourth-order valence-corrected chi connectivity index (χ4v) is 5.29. The van der Waals surface area contributed by atoms with Gasteiger partial charge in [-0.1, -0.05) is 0 Å². The van der Waals surface area contributed by atoms with Crippen LogP contribution in [-0.4, -0.2) is 39.4 Å². The standard InChI is InChI=1S/C11H21FNO4P/c1-6-16-8-7-9(2,3)13(14)10(4,5)11(8)17-18(11,12)15/h8,14H,6-7H2,1-5H3. The number of piperidine rings is 1. The zero-order chi connectivity index (χ0) is 14.0. The summed E-state index contributed by atoms with van der Waals surface area (Å²) in [5.74, 6) is 0. The van der Waals surface area contributed by atoms with Crippen LogP contribution < -0.4 is 0 Å². The number of hydrogen-bond acceptors (Lipinski definition) is 5. The number of hydrogen-bond donors (Lipinski definition) is 1. The van der Waals surface area contributed by atoms with Crippen molar-refractivity contribution >= 4 is 7.68 Å². The smallest absolute Gasteiger partial charge is 0.375 e. The van der Waals surface area contributed by atoms with E-state index in [0.717, 1.165) is 5.06 Å². The Labute approximate surface area is 107 Å². The van der Waals surface area contributed by atoms with E-state index in [9.17, 15) is 14.0 Å². The molecule has 0 aromatic rings. The monoisotopic (exact) mass is 281 g/mol. The molecule has 1 N–H and O–H groups in total. The maximum Gasteiger partial charge on any atom is 0.404 e. The first-order chi connectivity index (χ1) is 8.03. The third-order valence-corrected chi connectivity index (χ3v) is 6.17. The SMILES string of the molecule is CCOC1CC(C)(C)N(O)C(C)(C)C12OP2(=O)F. The predicted octanol–water partition coefficient (Wildman–Crippen LogP) is 2.93. The fraction of sp³-hybridized carbons (Fsp3) is 1.00. The molecule has 2 saturated heterocycles. The first-order valence-electron chi connectivity index (χ1n) is 6.14. The third-order valence-electron chi connectivity index (χ3n) is 4.09. The summed E-state index contributed by atoms with van der Waals surface area (Å²) < 4.78 is 36.2. The topological polar surface area (TPSA) is 62.3 Å². The molecule has 0 saturated carbocycles. The van der Waals surface area contributed by atoms with E-state index >= 15 is 0 Å². The second-order valence-corrected chi connectivity index (χ2v) is 7.90. The molecule has 0 aromatic heterocycles. The van der Waals surface area contributed by atoms with Crippen molar-refractivity contribution in [1.82, 2.24) is 5.06 Å². The highest BCUT2D eigenvalue weighted by molar-refractivity contribution is 7.61. The molecule has 7 heteroatoms. The second kappa shape index (κ2) is 3.76. The van der Waals surface area contributed by atoms with Gasteiger partial charge in [-0.3, -0.25) is 9.09 Å². The number of rotatable bonds is 2. The van der Waals surface area contributed by atoms with Crippen molar-refractivity contribution in [3.63, 3.8) is 0 Å². The van der Waals surface area contributed by atoms with Gasteiger partial charge in [-0.2, -0.15) is 9.26 Å². The van der Waals surface area contributed by atoms with E-state index in [1.807, 2.05) is 13.8 Å². The molecule has 2 heterocycles. The van der Waals surface area contributed by atoms with Crippen LogP contribution in [0, 0.1) is 0 Å². The first-order valence-corrected chi connectivity index (χ1v) is 7.66. The van der Waals surface area contributed by atoms with Gasteiger partial charge < -0.3 is 9.94 Å². The Morgan fingerprint density at radius 3 is 2.39 bits per heavy atom. The molecule has 5 nitrogen and oxygen atoms in total. The summed E-state index contributed by atoms with van der Waals surface area (Å²) in [6, 6.07) is 0. The van der Waals surface area contributed by atoms with Crippen LogP contribution in [0.2, 0.25) is 0 Å². The van der Waals surface area contributed by atoms with E-state index < -0.39 is 30.2 Å². The highest BCUT2D eigenvalue weighted by Gasteiger charge is 2.85. The van der Waals surface area contributed by atoms with E-state index in [1.165, 1.54) is 0 Å². The average Bonchev–Trinajstić information content (AvgIpc) is 2.80. The maximum atomic E-state index is 13.9. The van der Waals surface area contributed by atoms with Gasteiger partial charge in [0.25, 0.3) is 0 Å². The molecule has 2 aliphatic rings. The Hall–Kier alpha value is 0. The van der Waals surface area contributed by atoms with Crippen LogP contribution in [-0.2, 0) is 13.8 Å². The quantitative estimate of drug-likeness (QED) is 0.623. The predicted molar refractivity (Wildman–Crippen MR) is 64.3 cm³/mol. The molecular weight excluding hydrogens is 260 g/mol. The number of hydroxylamine groups is 2. The minimum Gasteiger partial charge on any atom is -0.375 e. The van der Waals surface area contributed by atoms with Gasteiger partial charge >= 0.3 is 7.68 Å². The molecule has 2 aliphatic heterocycles. The summed E-state index contributed by atoms with van der Waals surface area (Å²) in [5.41, 5.74) is -1.71. The van der Waals surface area contributed by atoms with Crippen LogP contribution in [0.4, 0.5) is 4.20 Å². The number of halogens is 1. The summed E-state index contributed by atoms with van der Waals surface area (Å²) in [7, 11) is -4.22. The fourth-order valence-electron chi connectivity index (χ4n) is 3.18. The summed E-state index contributed by atoms with van der Waals surface area (Å²) >= 11 is 0. The van der Waals surface area contributed by atoms with Gasteiger partial charge in [0, 0.05) is 12.1 Å². The molecular formula is C11H21FNO4P. The summed E-state index contributed by atoms with van der Waals surface area (Å²) in [5, 5.41) is 9.78. The Bertz CT molecular complexity index is 414. The lowest BCUT2D eigenvalue weighted by atomic mass is 9.77. The molecule has 106 valence electrons. The van der Waals surface area contributed by atoms with E-state index in [2.05, 4.69) is 0 Å². The Kier molecular flexibility index (Phi) is 3.01. The molecule has 2 rings (SSSR count). The van der Waals surface area contributed by atoms with Gasteiger partial charge in [0.1, 0.15) is 6.10 Å². The van der Waals surface area contributed by atoms with Crippen LogP contribution in [0.5, 0.6) is 0 Å². The van der Waals surface area contributed by atoms with Crippen molar-refractivity contribution in [2.45, 2.75) is 63.6 Å². The van der Waals surface area contributed by atoms with E-state index in [-0.39, 0.29) is 0 Å². The largest absolute Gasteiger partial charge is 0.404 e. The number of nitrogens with zero attached hydrogens (tertiary/aromatic N) is 1. The lowest BCUT2D eigenvalue weighted by molar-refractivity contribution is -0.284. The summed E-state index contributed by atoms with van der Waals surface area (Å²) in [6.45, 7) is 9.09. The van der Waals surface area contributed by atoms with Gasteiger partial charge in [-0.05, 0) is 41.0 Å². The molecule has 0 amide bonds. The van der Waals surface area contributed by atoms with Crippen molar-refractivity contribution < 1.29 is 23.2 Å². The second-order valence-electron chi connectivity index (χ2n) is 6.10. The van der Waals surface area contributed by atoms with Crippen molar-refractivity contribution in [3.05, 3.63) is 0 Å². The van der Waals surface area contributed by atoms with Crippen molar-refractivity contribution in [2.24, 2.45) is 0 Å². The Balaban J connectivity index is 2.46. The highest BCUT2D eigenvalue weighted by atomic mass is 31.2. The molecule has 1 spiro atoms. The molecule has 0 radical (unpaired) electrons. The van der Waals surface area contributed by atoms with Crippen LogP contribution in [0.3, 0.4) is 0 Å². The average molecular weight is 281 g/mol. The van der Waals surface area contributed by atoms with Crippen molar-refractivity contribution in [1.29, 1.82) is 0 Å². The van der Waals surface area contributed by atoms with E-state index in [1.54, 1.807) is 20.8 Å². The maximum absolute atomic E-state index is 13.9. The van der Waals surface area contributed by atoms with Crippen molar-refractivity contribution in [3.8, 4) is 0 Å². The third kappa shape index (κ3) is 1.56. The lowest BCUT2D eigenvalue weighted by Crippen LogP contribution is -2.69. The van der Waals surface area contributed by atoms with Gasteiger partial charge in [-0.15, -0.1) is 0 Å². The normalized spacial score (nSPS) is 46.3. The first kappa shape index (κ1) is 14.4. The molecule has 3 atom stereocenters. The van der Waals surface area contributed by atoms with Crippen LogP contribution in [0.25, 0.3) is 0 Å². The van der Waals surface area contributed by atoms with Crippen LogP contribution >= 0.6 is 7.68 Å². The van der Waals surface area contributed by atoms with Gasteiger partial charge in [-0.25, -0.2) is 0 Å². The molecule has 0 aliphatic carbocycles. The zero-order valence-electron chi connectivity index (χ0n) is 11.4. The highest BCUT2D eigenvalue weighted by Crippen LogP contribution is 2.86. The van der Waals surface area contributed by atoms with Crippen molar-refractivity contribution in [2.75, 3.05) is 6.61 Å². The molecule has 0 bridgehead atoms. The van der Waals surface area contributed by atoms with E-state index in [0.29, 0.717) is 13.0 Å². The minimum atomic E-state index is -4.22. The van der Waals surface area contributed by atoms with Gasteiger partial charge in [0.2, 0.25) is 5.34 Å². The van der Waals surface area contributed by atoms with E-state index in [4.69, 9.17) is 9.26 Å². The number of ether oxygens (including phenoxy) is 1. The molecule has 3 unspecified atom stereocenters. The van der Waals surface area contributed by atoms with Crippen LogP contribution in [0.1, 0.15) is 41.0 Å². The summed E-state index contributed by atoms with van der Waals surface area (Å²) in [6.07, 6.45) is -0.263. The molecule has 18 heavy (non-hydrogen) atoms. The van der Waals surface area contributed by atoms with Gasteiger partial charge in [0.05, 0.1) is 5.54 Å². The Morgan fingerprint density at radius 1 is 1.50 bits per heavy atom. The molecule has 2 fully saturated rings. The van der Waals surface area contributed by atoms with Gasteiger partial charge in [0.15, 0.2) is 0 Å². The lowest BCUT2D eigenvalue weighted by Gasteiger charge is -2.53. The zero-order valence-corrected chi connectivity index (χ0v) is 12.3. The Morgan fingerprint density at radius 2 is 2.00 bits per heavy atom. The van der Waals surface area contributed by atoms with Crippen LogP contribution in [0.15, 0.2) is 0 Å². The summed E-state index contributed by atoms with van der Waals surface area (Å²) in [4.78, 5) is 0. The minimum absolute atomic E-state index is 0.356. The molecule has 0 aromatic carbocycles.